The number of halogens is 1. The van der Waals surface area contributed by atoms with Crippen molar-refractivity contribution in [2.45, 2.75) is 96.7 Å². The molecule has 3 heterocycles. The van der Waals surface area contributed by atoms with Crippen LogP contribution in [0.3, 0.4) is 0 Å². The lowest BCUT2D eigenvalue weighted by Crippen LogP contribution is -2.45. The first-order valence-corrected chi connectivity index (χ1v) is 12.4. The van der Waals surface area contributed by atoms with Crippen LogP contribution in [0.25, 0.3) is 6.08 Å². The predicted molar refractivity (Wildman–Crippen MR) is 129 cm³/mol. The smallest absolute Gasteiger partial charge is 0.309 e. The van der Waals surface area contributed by atoms with Crippen molar-refractivity contribution >= 4 is 17.8 Å². The van der Waals surface area contributed by atoms with Crippen molar-refractivity contribution in [3.05, 3.63) is 35.9 Å². The Morgan fingerprint density at radius 3 is 2.57 bits per heavy atom. The van der Waals surface area contributed by atoms with Gasteiger partial charge in [0.25, 0.3) is 0 Å². The van der Waals surface area contributed by atoms with Crippen LogP contribution in [0.4, 0.5) is 4.39 Å². The Labute approximate surface area is 206 Å². The van der Waals surface area contributed by atoms with Gasteiger partial charge in [-0.1, -0.05) is 40.2 Å². The molecule has 2 saturated heterocycles. The van der Waals surface area contributed by atoms with Crippen LogP contribution in [-0.4, -0.2) is 57.0 Å². The Hall–Kier alpha value is -2.16. The van der Waals surface area contributed by atoms with E-state index in [1.807, 2.05) is 13.8 Å². The number of pyridine rings is 1. The molecule has 3 rings (SSSR count). The maximum absolute atomic E-state index is 15.3. The fourth-order valence-electron chi connectivity index (χ4n) is 4.88. The number of carbonyl (C=O) groups is 2. The van der Waals surface area contributed by atoms with Crippen molar-refractivity contribution in [2.75, 3.05) is 0 Å². The topological polar surface area (TPSA) is 109 Å². The number of carbonyl (C=O) groups excluding carboxylic acids is 2. The Balaban J connectivity index is 1.86. The summed E-state index contributed by atoms with van der Waals surface area (Å²) in [5.41, 5.74) is -1.38. The third-order valence-corrected chi connectivity index (χ3v) is 7.69. The highest BCUT2D eigenvalue weighted by Gasteiger charge is 2.53. The molecule has 0 saturated carbocycles. The lowest BCUT2D eigenvalue weighted by molar-refractivity contribution is -0.155. The van der Waals surface area contributed by atoms with Crippen molar-refractivity contribution in [1.82, 2.24) is 4.98 Å². The molecule has 0 aliphatic carbocycles. The lowest BCUT2D eigenvalue weighted by atomic mass is 9.73. The van der Waals surface area contributed by atoms with Gasteiger partial charge in [-0.2, -0.15) is 0 Å². The Bertz CT molecular complexity index is 935. The number of nitrogens with zero attached hydrogens (tertiary/aromatic N) is 1. The monoisotopic (exact) mass is 491 g/mol. The van der Waals surface area contributed by atoms with Crippen molar-refractivity contribution in [1.29, 1.82) is 0 Å². The molecule has 2 aliphatic rings. The number of Topliss-reactive ketones (excluding diaryl/α,β-unsaturated/α-hetero) is 1. The quantitative estimate of drug-likeness (QED) is 0.475. The van der Waals surface area contributed by atoms with Crippen LogP contribution in [-0.2, 0) is 19.1 Å². The molecule has 2 aliphatic heterocycles. The molecule has 194 valence electrons. The van der Waals surface area contributed by atoms with Gasteiger partial charge in [0.15, 0.2) is 6.10 Å². The highest BCUT2D eigenvalue weighted by atomic mass is 19.1. The summed E-state index contributed by atoms with van der Waals surface area (Å²) in [7, 11) is 0. The average Bonchev–Trinajstić information content (AvgIpc) is 3.45. The van der Waals surface area contributed by atoms with Crippen molar-refractivity contribution < 1.29 is 33.7 Å². The standard InChI is InChI=1S/C27H38FNO6/c1-16-9-8-11-27(5)22(35-27)14-20(19(28)13-18-10-6-7-12-29-18)34-23(31)15-21(30)26(3,4)25(33)17(2)24(16)32/h6-7,10,12-13,16-17,20-22,24,30,32H,8-9,11,14-15H2,1-5H3/b19-13+/t16-,17+,20-,21-,22-,24-,27+/m0/s1. The van der Waals surface area contributed by atoms with E-state index in [2.05, 4.69) is 4.98 Å². The summed E-state index contributed by atoms with van der Waals surface area (Å²) < 4.78 is 26.6. The van der Waals surface area contributed by atoms with E-state index in [0.717, 1.165) is 6.42 Å². The summed E-state index contributed by atoms with van der Waals surface area (Å²) in [5.74, 6) is -2.66. The number of epoxide rings is 1. The molecule has 8 heteroatoms. The van der Waals surface area contributed by atoms with Crippen LogP contribution in [0.2, 0.25) is 0 Å². The highest BCUT2D eigenvalue weighted by Crippen LogP contribution is 2.45. The summed E-state index contributed by atoms with van der Waals surface area (Å²) in [6.07, 6.45) is 0.859. The van der Waals surface area contributed by atoms with Gasteiger partial charge in [0.2, 0.25) is 0 Å². The number of cyclic esters (lactones) is 1. The number of ketones is 1. The number of hydrogen-bond acceptors (Lipinski definition) is 7. The molecular formula is C27H38FNO6. The minimum atomic E-state index is -1.36. The van der Waals surface area contributed by atoms with E-state index in [9.17, 15) is 19.8 Å². The van der Waals surface area contributed by atoms with Crippen molar-refractivity contribution in [3.63, 3.8) is 0 Å². The fourth-order valence-corrected chi connectivity index (χ4v) is 4.88. The molecular weight excluding hydrogens is 453 g/mol. The SMILES string of the molecule is C[C@H]1CCC[C@@]2(C)O[C@H]2C[C@@H](/C(F)=C\c2ccccn2)OC(=O)C[C@H](O)C(C)(C)C(=O)[C@H](C)[C@H]1O. The van der Waals surface area contributed by atoms with Crippen LogP contribution < -0.4 is 0 Å². The first kappa shape index (κ1) is 27.4. The summed E-state index contributed by atoms with van der Waals surface area (Å²) in [5, 5.41) is 21.5. The van der Waals surface area contributed by atoms with Gasteiger partial charge in [-0.05, 0) is 43.9 Å². The lowest BCUT2D eigenvalue weighted by Gasteiger charge is -2.34. The summed E-state index contributed by atoms with van der Waals surface area (Å²) in [6, 6.07) is 5.09. The van der Waals surface area contributed by atoms with Crippen molar-refractivity contribution in [3.8, 4) is 0 Å². The normalized spacial score (nSPS) is 37.3. The predicted octanol–water partition coefficient (Wildman–Crippen LogP) is 4.01. The number of esters is 1. The number of aliphatic hydroxyl groups is 2. The van der Waals surface area contributed by atoms with Gasteiger partial charge in [-0.15, -0.1) is 0 Å². The van der Waals surface area contributed by atoms with E-state index in [0.29, 0.717) is 18.5 Å². The number of fused-ring (bicyclic) bond motifs is 1. The van der Waals surface area contributed by atoms with E-state index in [4.69, 9.17) is 9.47 Å². The third kappa shape index (κ3) is 6.54. The molecule has 1 aromatic heterocycles. The minimum Gasteiger partial charge on any atom is -0.455 e. The van der Waals surface area contributed by atoms with E-state index in [1.54, 1.807) is 45.2 Å². The number of aliphatic hydroxyl groups excluding tert-OH is 2. The molecule has 1 aromatic rings. The van der Waals surface area contributed by atoms with E-state index in [1.165, 1.54) is 6.08 Å². The number of rotatable bonds is 2. The number of ether oxygens (including phenoxy) is 2. The molecule has 0 spiro atoms. The maximum Gasteiger partial charge on any atom is 0.309 e. The van der Waals surface area contributed by atoms with Crippen molar-refractivity contribution in [2.24, 2.45) is 17.3 Å². The molecule has 7 atom stereocenters. The van der Waals surface area contributed by atoms with Gasteiger partial charge in [0, 0.05) is 18.5 Å². The summed E-state index contributed by atoms with van der Waals surface area (Å²) >= 11 is 0. The molecule has 0 aromatic carbocycles. The molecule has 0 amide bonds. The minimum absolute atomic E-state index is 0.130. The fraction of sp³-hybridized carbons (Fsp3) is 0.667. The van der Waals surface area contributed by atoms with Crippen LogP contribution in [0.5, 0.6) is 0 Å². The number of aromatic nitrogens is 1. The summed E-state index contributed by atoms with van der Waals surface area (Å²) in [4.78, 5) is 30.0. The maximum atomic E-state index is 15.3. The largest absolute Gasteiger partial charge is 0.455 e. The molecule has 0 radical (unpaired) electrons. The molecule has 2 N–H and O–H groups in total. The first-order chi connectivity index (χ1) is 16.3. The van der Waals surface area contributed by atoms with E-state index in [-0.39, 0.29) is 24.2 Å². The van der Waals surface area contributed by atoms with Gasteiger partial charge in [0.05, 0.1) is 41.4 Å². The molecule has 2 fully saturated rings. The van der Waals surface area contributed by atoms with Crippen LogP contribution in [0.1, 0.15) is 72.4 Å². The van der Waals surface area contributed by atoms with Crippen LogP contribution >= 0.6 is 0 Å². The Kier molecular flexibility index (Phi) is 8.50. The van der Waals surface area contributed by atoms with Gasteiger partial charge in [0.1, 0.15) is 11.6 Å². The zero-order chi connectivity index (χ0) is 26.0. The molecule has 0 unspecified atom stereocenters. The van der Waals surface area contributed by atoms with Gasteiger partial charge < -0.3 is 19.7 Å². The molecule has 0 bridgehead atoms. The zero-order valence-electron chi connectivity index (χ0n) is 21.2. The van der Waals surface area contributed by atoms with Gasteiger partial charge >= 0.3 is 5.97 Å². The Morgan fingerprint density at radius 2 is 1.91 bits per heavy atom. The van der Waals surface area contributed by atoms with Crippen LogP contribution in [0, 0.1) is 17.3 Å². The molecule has 7 nitrogen and oxygen atoms in total. The first-order valence-electron chi connectivity index (χ1n) is 12.4. The highest BCUT2D eigenvalue weighted by molar-refractivity contribution is 5.88. The second-order valence-corrected chi connectivity index (χ2v) is 10.9. The van der Waals surface area contributed by atoms with Crippen LogP contribution in [0.15, 0.2) is 30.2 Å². The van der Waals surface area contributed by atoms with E-state index >= 15 is 4.39 Å². The van der Waals surface area contributed by atoms with E-state index < -0.39 is 53.5 Å². The Morgan fingerprint density at radius 1 is 1.20 bits per heavy atom. The average molecular weight is 492 g/mol. The molecule has 35 heavy (non-hydrogen) atoms. The van der Waals surface area contributed by atoms with Gasteiger partial charge in [-0.3, -0.25) is 14.6 Å². The number of hydrogen-bond donors (Lipinski definition) is 2. The zero-order valence-corrected chi connectivity index (χ0v) is 21.2. The second-order valence-electron chi connectivity index (χ2n) is 10.9. The van der Waals surface area contributed by atoms with Gasteiger partial charge in [-0.25, -0.2) is 4.39 Å². The second kappa shape index (κ2) is 10.8. The summed E-state index contributed by atoms with van der Waals surface area (Å²) in [6.45, 7) is 8.59. The third-order valence-electron chi connectivity index (χ3n) is 7.69.